The molecule has 9 heavy (non-hydrogen) atoms. The summed E-state index contributed by atoms with van der Waals surface area (Å²) in [6, 6.07) is 2.20. The molecule has 0 aliphatic heterocycles. The van der Waals surface area contributed by atoms with Crippen molar-refractivity contribution in [2.75, 3.05) is 0 Å². The Morgan fingerprint density at radius 1 is 1.56 bits per heavy atom. The Balaban J connectivity index is 2.99. The van der Waals surface area contributed by atoms with Crippen LogP contribution < -0.4 is 0 Å². The van der Waals surface area contributed by atoms with Gasteiger partial charge in [-0.25, -0.2) is 0 Å². The quantitative estimate of drug-likeness (QED) is 0.528. The molecule has 0 amide bonds. The zero-order valence-corrected chi connectivity index (χ0v) is 6.06. The third kappa shape index (κ3) is 5.36. The van der Waals surface area contributed by atoms with E-state index in [1.165, 1.54) is 0 Å². The molecule has 1 radical (unpaired) electrons. The molecule has 0 bridgehead atoms. The van der Waals surface area contributed by atoms with Crippen LogP contribution in [-0.2, 0) is 0 Å². The van der Waals surface area contributed by atoms with Gasteiger partial charge in [-0.15, -0.1) is 0 Å². The average Bonchev–Trinajstić information content (AvgIpc) is 1.89. The van der Waals surface area contributed by atoms with E-state index in [4.69, 9.17) is 5.26 Å². The van der Waals surface area contributed by atoms with Gasteiger partial charge < -0.3 is 0 Å². The molecule has 0 spiro atoms. The van der Waals surface area contributed by atoms with Crippen molar-refractivity contribution in [2.24, 2.45) is 5.92 Å². The lowest BCUT2D eigenvalue weighted by molar-refractivity contribution is 0.593. The number of unbranched alkanes of at least 4 members (excludes halogenated alkanes) is 2. The van der Waals surface area contributed by atoms with Crippen molar-refractivity contribution in [3.05, 3.63) is 6.92 Å². The number of nitriles is 1. The highest BCUT2D eigenvalue weighted by atomic mass is 14.2. The second kappa shape index (κ2) is 5.62. The third-order valence-electron chi connectivity index (χ3n) is 1.36. The average molecular weight is 124 g/mol. The first-order valence-corrected chi connectivity index (χ1v) is 3.50. The first-order chi connectivity index (χ1) is 4.31. The molecule has 0 saturated heterocycles. The molecule has 0 N–H and O–H groups in total. The van der Waals surface area contributed by atoms with Gasteiger partial charge in [0.1, 0.15) is 0 Å². The maximum atomic E-state index is 8.37. The molecule has 0 saturated carbocycles. The van der Waals surface area contributed by atoms with E-state index in [1.807, 2.05) is 6.92 Å². The van der Waals surface area contributed by atoms with Crippen LogP contribution in [0.5, 0.6) is 0 Å². The van der Waals surface area contributed by atoms with Gasteiger partial charge in [0.05, 0.1) is 6.07 Å². The first-order valence-electron chi connectivity index (χ1n) is 3.50. The predicted molar refractivity (Wildman–Crippen MR) is 38.6 cm³/mol. The van der Waals surface area contributed by atoms with Crippen molar-refractivity contribution < 1.29 is 0 Å². The Labute approximate surface area is 57.7 Å². The Hall–Kier alpha value is -0.510. The van der Waals surface area contributed by atoms with Gasteiger partial charge in [0.15, 0.2) is 0 Å². The van der Waals surface area contributed by atoms with E-state index in [1.54, 1.807) is 0 Å². The summed E-state index contributed by atoms with van der Waals surface area (Å²) >= 11 is 0. The van der Waals surface area contributed by atoms with Gasteiger partial charge >= 0.3 is 0 Å². The van der Waals surface area contributed by atoms with Gasteiger partial charge in [0, 0.05) is 5.92 Å². The SMILES string of the molecule is [CH2]CCCCC(C)C#N. The lowest BCUT2D eigenvalue weighted by Gasteiger charge is -1.98. The molecule has 1 heteroatoms. The fraction of sp³-hybridized carbons (Fsp3) is 0.750. The smallest absolute Gasteiger partial charge is 0.0652 e. The van der Waals surface area contributed by atoms with Crippen molar-refractivity contribution in [2.45, 2.75) is 32.6 Å². The summed E-state index contributed by atoms with van der Waals surface area (Å²) < 4.78 is 0. The summed E-state index contributed by atoms with van der Waals surface area (Å²) in [6.07, 6.45) is 4.34. The van der Waals surface area contributed by atoms with Crippen LogP contribution in [0.2, 0.25) is 0 Å². The largest absolute Gasteiger partial charge is 0.198 e. The molecular weight excluding hydrogens is 110 g/mol. The summed E-state index contributed by atoms with van der Waals surface area (Å²) in [7, 11) is 0. The molecule has 0 aromatic heterocycles. The molecule has 0 aromatic rings. The maximum Gasteiger partial charge on any atom is 0.0652 e. The maximum absolute atomic E-state index is 8.37. The summed E-state index contributed by atoms with van der Waals surface area (Å²) in [4.78, 5) is 0. The fourth-order valence-electron chi connectivity index (χ4n) is 0.692. The number of rotatable bonds is 4. The van der Waals surface area contributed by atoms with E-state index < -0.39 is 0 Å². The van der Waals surface area contributed by atoms with E-state index >= 15 is 0 Å². The molecule has 1 atom stereocenters. The first kappa shape index (κ1) is 8.49. The number of nitrogens with zero attached hydrogens (tertiary/aromatic N) is 1. The van der Waals surface area contributed by atoms with Crippen LogP contribution in [0.25, 0.3) is 0 Å². The lowest BCUT2D eigenvalue weighted by atomic mass is 10.1. The molecule has 0 aromatic carbocycles. The third-order valence-corrected chi connectivity index (χ3v) is 1.36. The monoisotopic (exact) mass is 124 g/mol. The number of hydrogen-bond acceptors (Lipinski definition) is 1. The molecule has 0 aliphatic carbocycles. The van der Waals surface area contributed by atoms with E-state index in [2.05, 4.69) is 13.0 Å². The van der Waals surface area contributed by atoms with Crippen LogP contribution in [-0.4, -0.2) is 0 Å². The normalized spacial score (nSPS) is 12.6. The van der Waals surface area contributed by atoms with Crippen LogP contribution in [0.15, 0.2) is 0 Å². The minimum atomic E-state index is 0.233. The summed E-state index contributed by atoms with van der Waals surface area (Å²) in [5.74, 6) is 0.233. The Morgan fingerprint density at radius 2 is 2.22 bits per heavy atom. The van der Waals surface area contributed by atoms with Crippen molar-refractivity contribution in [1.82, 2.24) is 0 Å². The van der Waals surface area contributed by atoms with Gasteiger partial charge in [-0.2, -0.15) is 5.26 Å². The second-order valence-electron chi connectivity index (χ2n) is 2.38. The highest BCUT2D eigenvalue weighted by Crippen LogP contribution is 2.06. The zero-order chi connectivity index (χ0) is 7.11. The topological polar surface area (TPSA) is 23.8 Å². The molecule has 0 rings (SSSR count). The van der Waals surface area contributed by atoms with Gasteiger partial charge in [0.25, 0.3) is 0 Å². The summed E-state index contributed by atoms with van der Waals surface area (Å²) in [5.41, 5.74) is 0. The highest BCUT2D eigenvalue weighted by molar-refractivity contribution is 4.77. The number of hydrogen-bond donors (Lipinski definition) is 0. The van der Waals surface area contributed by atoms with Gasteiger partial charge in [-0.1, -0.05) is 26.2 Å². The standard InChI is InChI=1S/C8H14N/c1-3-4-5-6-8(2)7-9/h8H,1,3-6H2,2H3. The van der Waals surface area contributed by atoms with Crippen LogP contribution in [0.1, 0.15) is 32.6 Å². The molecule has 1 unspecified atom stereocenters. The van der Waals surface area contributed by atoms with Crippen molar-refractivity contribution in [3.8, 4) is 6.07 Å². The highest BCUT2D eigenvalue weighted by Gasteiger charge is 1.96. The Morgan fingerprint density at radius 3 is 2.67 bits per heavy atom. The van der Waals surface area contributed by atoms with E-state index in [0.29, 0.717) is 0 Å². The van der Waals surface area contributed by atoms with E-state index in [0.717, 1.165) is 25.7 Å². The van der Waals surface area contributed by atoms with Crippen LogP contribution >= 0.6 is 0 Å². The molecule has 51 valence electrons. The van der Waals surface area contributed by atoms with Crippen LogP contribution in [0.4, 0.5) is 0 Å². The van der Waals surface area contributed by atoms with Gasteiger partial charge in [0.2, 0.25) is 0 Å². The van der Waals surface area contributed by atoms with Crippen LogP contribution in [0.3, 0.4) is 0 Å². The van der Waals surface area contributed by atoms with Crippen molar-refractivity contribution in [3.63, 3.8) is 0 Å². The molecular formula is C8H14N. The predicted octanol–water partition coefficient (Wildman–Crippen LogP) is 2.54. The van der Waals surface area contributed by atoms with Crippen molar-refractivity contribution >= 4 is 0 Å². The fourth-order valence-corrected chi connectivity index (χ4v) is 0.692. The summed E-state index contributed by atoms with van der Waals surface area (Å²) in [6.45, 7) is 5.69. The Bertz CT molecular complexity index is 91.2. The van der Waals surface area contributed by atoms with Crippen LogP contribution in [0, 0.1) is 24.2 Å². The van der Waals surface area contributed by atoms with E-state index in [-0.39, 0.29) is 5.92 Å². The second-order valence-corrected chi connectivity index (χ2v) is 2.38. The lowest BCUT2D eigenvalue weighted by Crippen LogP contribution is -1.88. The Kier molecular flexibility index (Phi) is 5.30. The van der Waals surface area contributed by atoms with Gasteiger partial charge in [-0.3, -0.25) is 0 Å². The molecule has 0 aliphatic rings. The van der Waals surface area contributed by atoms with E-state index in [9.17, 15) is 0 Å². The molecule has 1 nitrogen and oxygen atoms in total. The minimum absolute atomic E-state index is 0.233. The zero-order valence-electron chi connectivity index (χ0n) is 6.06. The minimum Gasteiger partial charge on any atom is -0.198 e. The van der Waals surface area contributed by atoms with Crippen molar-refractivity contribution in [1.29, 1.82) is 5.26 Å². The summed E-state index contributed by atoms with van der Waals surface area (Å²) in [5, 5.41) is 8.37. The molecule has 0 heterocycles. The van der Waals surface area contributed by atoms with Gasteiger partial charge in [-0.05, 0) is 13.3 Å². The molecule has 0 fully saturated rings.